The molecule has 4 heterocycles. The topological polar surface area (TPSA) is 100 Å². The van der Waals surface area contributed by atoms with Crippen LogP contribution in [0.5, 0.6) is 11.6 Å². The maximum atomic E-state index is 11.7. The van der Waals surface area contributed by atoms with Gasteiger partial charge in [0.1, 0.15) is 5.75 Å². The number of likely N-dealkylation sites (tertiary alicyclic amines) is 2. The minimum absolute atomic E-state index is 0.132. The van der Waals surface area contributed by atoms with Crippen LogP contribution in [0.25, 0.3) is 33.6 Å². The number of amides is 1. The van der Waals surface area contributed by atoms with Crippen LogP contribution in [0.1, 0.15) is 43.7 Å². The standard InChI is InChI=1S/C39H43Cl2N5O4/c1-24(47)46-15-12-28(13-16-46)43-20-26-9-10-33(44-38(26)50-3)32-6-4-5-30(35(32)40)31-11-14-42-37(36(31)41)25-7-8-27(34(17-25)49-2)21-45-22-39(23-45)18-29(48)19-39/h4-11,14,17,28-29,43,48H,12-13,15-16,18-23H2,1-3H3. The maximum Gasteiger partial charge on any atom is 0.219 e. The monoisotopic (exact) mass is 715 g/mol. The number of nitrogens with one attached hydrogen (secondary N) is 1. The Bertz CT molecular complexity index is 1880. The van der Waals surface area contributed by atoms with Crippen LogP contribution in [0.3, 0.4) is 0 Å². The van der Waals surface area contributed by atoms with Gasteiger partial charge in [0, 0.05) is 97.2 Å². The van der Waals surface area contributed by atoms with Gasteiger partial charge in [-0.1, -0.05) is 59.6 Å². The summed E-state index contributed by atoms with van der Waals surface area (Å²) in [6.07, 6.45) is 5.27. The molecule has 4 aromatic rings. The van der Waals surface area contributed by atoms with Gasteiger partial charge in [-0.15, -0.1) is 0 Å². The second-order valence-electron chi connectivity index (χ2n) is 13.9. The molecule has 0 radical (unpaired) electrons. The first-order chi connectivity index (χ1) is 24.2. The van der Waals surface area contributed by atoms with Crippen LogP contribution in [0.2, 0.25) is 10.0 Å². The Labute approximate surface area is 303 Å². The first-order valence-corrected chi connectivity index (χ1v) is 18.0. The van der Waals surface area contributed by atoms with Crippen LogP contribution in [0, 0.1) is 5.41 Å². The van der Waals surface area contributed by atoms with Crippen molar-refractivity contribution in [1.29, 1.82) is 0 Å². The SMILES string of the molecule is COc1cc(-c2nccc(-c3cccc(-c4ccc(CNC5CCN(C(C)=O)CC5)c(OC)n4)c3Cl)c2Cl)ccc1CN1CC2(CC(O)C2)C1. The Hall–Kier alpha value is -3.73. The van der Waals surface area contributed by atoms with E-state index in [1.54, 1.807) is 27.3 Å². The second kappa shape index (κ2) is 14.5. The minimum atomic E-state index is -0.133. The number of aliphatic hydroxyl groups excluding tert-OH is 1. The zero-order valence-corrected chi connectivity index (χ0v) is 30.2. The number of hydrogen-bond donors (Lipinski definition) is 2. The summed E-state index contributed by atoms with van der Waals surface area (Å²) >= 11 is 14.2. The third-order valence-electron chi connectivity index (χ3n) is 10.5. The molecule has 0 bridgehead atoms. The number of methoxy groups -OCH3 is 2. The number of carbonyl (C=O) groups excluding carboxylic acids is 1. The summed E-state index contributed by atoms with van der Waals surface area (Å²) in [5, 5.41) is 14.4. The van der Waals surface area contributed by atoms with E-state index >= 15 is 0 Å². The molecule has 1 aliphatic carbocycles. The van der Waals surface area contributed by atoms with Crippen LogP contribution < -0.4 is 14.8 Å². The van der Waals surface area contributed by atoms with E-state index in [1.165, 1.54) is 0 Å². The van der Waals surface area contributed by atoms with E-state index in [2.05, 4.69) is 21.3 Å². The molecule has 7 rings (SSSR count). The molecule has 1 spiro atoms. The van der Waals surface area contributed by atoms with Gasteiger partial charge in [-0.3, -0.25) is 14.7 Å². The fourth-order valence-corrected chi connectivity index (χ4v) is 8.50. The first kappa shape index (κ1) is 34.7. The molecular weight excluding hydrogens is 673 g/mol. The van der Waals surface area contributed by atoms with E-state index in [1.807, 2.05) is 53.4 Å². The number of halogens is 2. The van der Waals surface area contributed by atoms with Crippen molar-refractivity contribution in [3.8, 4) is 45.3 Å². The number of carbonyl (C=O) groups is 1. The Balaban J connectivity index is 1.08. The molecule has 0 atom stereocenters. The summed E-state index contributed by atoms with van der Waals surface area (Å²) in [5.74, 6) is 1.46. The predicted octanol–water partition coefficient (Wildman–Crippen LogP) is 6.86. The molecule has 2 aliphatic heterocycles. The highest BCUT2D eigenvalue weighted by molar-refractivity contribution is 6.39. The van der Waals surface area contributed by atoms with Gasteiger partial charge in [0.25, 0.3) is 0 Å². The molecule has 2 aromatic carbocycles. The molecule has 2 aromatic heterocycles. The number of piperidine rings is 1. The Kier molecular flexibility index (Phi) is 10.1. The molecule has 2 saturated heterocycles. The molecule has 9 nitrogen and oxygen atoms in total. The van der Waals surface area contributed by atoms with Crippen LogP contribution in [0.4, 0.5) is 0 Å². The van der Waals surface area contributed by atoms with Crippen molar-refractivity contribution >= 4 is 29.1 Å². The molecule has 50 heavy (non-hydrogen) atoms. The average molecular weight is 717 g/mol. The number of hydrogen-bond acceptors (Lipinski definition) is 8. The molecule has 3 aliphatic rings. The van der Waals surface area contributed by atoms with Gasteiger partial charge >= 0.3 is 0 Å². The lowest BCUT2D eigenvalue weighted by Gasteiger charge is -2.58. The van der Waals surface area contributed by atoms with Crippen molar-refractivity contribution in [3.63, 3.8) is 0 Å². The number of ether oxygens (including phenoxy) is 2. The van der Waals surface area contributed by atoms with E-state index < -0.39 is 0 Å². The average Bonchev–Trinajstić information content (AvgIpc) is 3.10. The van der Waals surface area contributed by atoms with Gasteiger partial charge in [-0.2, -0.15) is 0 Å². The molecule has 0 unspecified atom stereocenters. The number of aliphatic hydroxyl groups is 1. The summed E-state index contributed by atoms with van der Waals surface area (Å²) in [6, 6.07) is 18.2. The number of benzene rings is 2. The van der Waals surface area contributed by atoms with Gasteiger partial charge < -0.3 is 24.8 Å². The summed E-state index contributed by atoms with van der Waals surface area (Å²) in [6.45, 7) is 6.59. The summed E-state index contributed by atoms with van der Waals surface area (Å²) < 4.78 is 11.5. The molecule has 3 fully saturated rings. The van der Waals surface area contributed by atoms with Gasteiger partial charge in [0.05, 0.1) is 41.8 Å². The predicted molar refractivity (Wildman–Crippen MR) is 197 cm³/mol. The lowest BCUT2D eigenvalue weighted by Crippen LogP contribution is -2.63. The van der Waals surface area contributed by atoms with E-state index in [-0.39, 0.29) is 12.0 Å². The Morgan fingerprint density at radius 3 is 2.38 bits per heavy atom. The number of nitrogens with zero attached hydrogens (tertiary/aromatic N) is 4. The van der Waals surface area contributed by atoms with Crippen molar-refractivity contribution in [3.05, 3.63) is 82.0 Å². The third kappa shape index (κ3) is 6.94. The molecule has 2 N–H and O–H groups in total. The Morgan fingerprint density at radius 1 is 0.960 bits per heavy atom. The minimum Gasteiger partial charge on any atom is -0.496 e. The molecule has 262 valence electrons. The largest absolute Gasteiger partial charge is 0.496 e. The highest BCUT2D eigenvalue weighted by Gasteiger charge is 2.51. The van der Waals surface area contributed by atoms with E-state index in [0.29, 0.717) is 45.3 Å². The molecule has 1 amide bonds. The zero-order valence-electron chi connectivity index (χ0n) is 28.7. The lowest BCUT2D eigenvalue weighted by atomic mass is 9.62. The van der Waals surface area contributed by atoms with Crippen molar-refractivity contribution in [2.75, 3.05) is 40.4 Å². The summed E-state index contributed by atoms with van der Waals surface area (Å²) in [4.78, 5) is 25.5. The Morgan fingerprint density at radius 2 is 1.68 bits per heavy atom. The van der Waals surface area contributed by atoms with Crippen LogP contribution in [-0.2, 0) is 17.9 Å². The smallest absolute Gasteiger partial charge is 0.219 e. The van der Waals surface area contributed by atoms with Crippen LogP contribution in [0.15, 0.2) is 60.8 Å². The van der Waals surface area contributed by atoms with Crippen molar-refractivity contribution in [2.45, 2.75) is 57.8 Å². The van der Waals surface area contributed by atoms with Crippen molar-refractivity contribution < 1.29 is 19.4 Å². The van der Waals surface area contributed by atoms with Crippen molar-refractivity contribution in [2.24, 2.45) is 5.41 Å². The van der Waals surface area contributed by atoms with Gasteiger partial charge in [-0.05, 0) is 43.9 Å². The molecular formula is C39H43Cl2N5O4. The number of rotatable bonds is 10. The maximum absolute atomic E-state index is 11.7. The van der Waals surface area contributed by atoms with E-state index in [4.69, 9.17) is 37.7 Å². The van der Waals surface area contributed by atoms with Crippen molar-refractivity contribution in [1.82, 2.24) is 25.1 Å². The lowest BCUT2D eigenvalue weighted by molar-refractivity contribution is -0.131. The fraction of sp³-hybridized carbons (Fsp3) is 0.410. The van der Waals surface area contributed by atoms with Gasteiger partial charge in [0.15, 0.2) is 0 Å². The fourth-order valence-electron chi connectivity index (χ4n) is 7.85. The van der Waals surface area contributed by atoms with Crippen LogP contribution >= 0.6 is 23.2 Å². The number of aromatic nitrogens is 2. The summed E-state index contributed by atoms with van der Waals surface area (Å²) in [7, 11) is 3.31. The third-order valence-corrected chi connectivity index (χ3v) is 11.3. The van der Waals surface area contributed by atoms with E-state index in [9.17, 15) is 9.90 Å². The van der Waals surface area contributed by atoms with Gasteiger partial charge in [0.2, 0.25) is 11.8 Å². The number of pyridine rings is 2. The van der Waals surface area contributed by atoms with E-state index in [0.717, 1.165) is 97.5 Å². The van der Waals surface area contributed by atoms with Gasteiger partial charge in [-0.25, -0.2) is 4.98 Å². The quantitative estimate of drug-likeness (QED) is 0.184. The second-order valence-corrected chi connectivity index (χ2v) is 14.7. The first-order valence-electron chi connectivity index (χ1n) is 17.2. The van der Waals surface area contributed by atoms with Crippen LogP contribution in [-0.4, -0.2) is 83.3 Å². The summed E-state index contributed by atoms with van der Waals surface area (Å²) in [5.41, 5.74) is 6.87. The highest BCUT2D eigenvalue weighted by atomic mass is 35.5. The molecule has 1 saturated carbocycles. The normalized spacial score (nSPS) is 17.8. The molecule has 11 heteroatoms. The highest BCUT2D eigenvalue weighted by Crippen LogP contribution is 2.49. The zero-order chi connectivity index (χ0) is 35.0.